The molecule has 0 saturated heterocycles. The van der Waals surface area contributed by atoms with Gasteiger partial charge >= 0.3 is 0 Å². The number of hydrogen-bond acceptors (Lipinski definition) is 5. The van der Waals surface area contributed by atoms with Gasteiger partial charge in [0.25, 0.3) is 5.91 Å². The normalized spacial score (nSPS) is 10.4. The third-order valence-electron chi connectivity index (χ3n) is 2.60. The molecular weight excluding hydrogens is 244 g/mol. The van der Waals surface area contributed by atoms with Crippen LogP contribution in [0.5, 0.6) is 0 Å². The summed E-state index contributed by atoms with van der Waals surface area (Å²) in [4.78, 5) is 20.2. The van der Waals surface area contributed by atoms with Gasteiger partial charge in [0.15, 0.2) is 0 Å². The molecule has 7 heteroatoms. The zero-order valence-corrected chi connectivity index (χ0v) is 10.9. The number of rotatable bonds is 4. The van der Waals surface area contributed by atoms with Crippen molar-refractivity contribution in [3.63, 3.8) is 0 Å². The van der Waals surface area contributed by atoms with Crippen molar-refractivity contribution in [3.05, 3.63) is 29.7 Å². The molecule has 0 radical (unpaired) electrons. The Kier molecular flexibility index (Phi) is 3.74. The lowest BCUT2D eigenvalue weighted by Crippen LogP contribution is -2.16. The maximum absolute atomic E-state index is 12.1. The van der Waals surface area contributed by atoms with Gasteiger partial charge in [0, 0.05) is 18.3 Å². The summed E-state index contributed by atoms with van der Waals surface area (Å²) >= 11 is 0. The SMILES string of the molecule is CCCc1cc(C(=O)Nc2ncnn2C)cc(N)n1. The summed E-state index contributed by atoms with van der Waals surface area (Å²) in [6.45, 7) is 2.05. The number of nitrogens with zero attached hydrogens (tertiary/aromatic N) is 4. The number of nitrogens with one attached hydrogen (secondary N) is 1. The molecular formula is C12H16N6O. The summed E-state index contributed by atoms with van der Waals surface area (Å²) in [5, 5.41) is 6.55. The number of anilines is 2. The quantitative estimate of drug-likeness (QED) is 0.854. The first-order valence-electron chi connectivity index (χ1n) is 6.02. The second kappa shape index (κ2) is 5.47. The number of aromatic nitrogens is 4. The van der Waals surface area contributed by atoms with Crippen LogP contribution in [0.4, 0.5) is 11.8 Å². The second-order valence-corrected chi connectivity index (χ2v) is 4.18. The zero-order valence-electron chi connectivity index (χ0n) is 10.9. The summed E-state index contributed by atoms with van der Waals surface area (Å²) in [5.74, 6) is 0.453. The predicted octanol–water partition coefficient (Wildman–Crippen LogP) is 0.997. The van der Waals surface area contributed by atoms with E-state index in [1.165, 1.54) is 11.0 Å². The first-order chi connectivity index (χ1) is 9.10. The zero-order chi connectivity index (χ0) is 13.8. The van der Waals surface area contributed by atoms with E-state index >= 15 is 0 Å². The van der Waals surface area contributed by atoms with Crippen LogP contribution in [0.3, 0.4) is 0 Å². The minimum atomic E-state index is -0.275. The molecule has 19 heavy (non-hydrogen) atoms. The molecule has 0 unspecified atom stereocenters. The Morgan fingerprint density at radius 1 is 1.47 bits per heavy atom. The van der Waals surface area contributed by atoms with E-state index in [1.54, 1.807) is 19.2 Å². The van der Waals surface area contributed by atoms with Gasteiger partial charge in [0.05, 0.1) is 0 Å². The number of amides is 1. The van der Waals surface area contributed by atoms with E-state index in [0.29, 0.717) is 17.3 Å². The Balaban J connectivity index is 2.21. The smallest absolute Gasteiger partial charge is 0.258 e. The Bertz CT molecular complexity index is 592. The van der Waals surface area contributed by atoms with Crippen LogP contribution < -0.4 is 11.1 Å². The molecule has 2 heterocycles. The molecule has 0 saturated carbocycles. The van der Waals surface area contributed by atoms with E-state index in [-0.39, 0.29) is 5.91 Å². The molecule has 1 amide bonds. The van der Waals surface area contributed by atoms with Gasteiger partial charge in [-0.3, -0.25) is 10.1 Å². The Hall–Kier alpha value is -2.44. The molecule has 100 valence electrons. The fourth-order valence-corrected chi connectivity index (χ4v) is 1.71. The third-order valence-corrected chi connectivity index (χ3v) is 2.60. The molecule has 0 aromatic carbocycles. The van der Waals surface area contributed by atoms with Crippen molar-refractivity contribution in [2.24, 2.45) is 7.05 Å². The van der Waals surface area contributed by atoms with Crippen molar-refractivity contribution in [2.75, 3.05) is 11.1 Å². The maximum atomic E-state index is 12.1. The van der Waals surface area contributed by atoms with Gasteiger partial charge in [-0.25, -0.2) is 9.67 Å². The van der Waals surface area contributed by atoms with Gasteiger partial charge in [-0.1, -0.05) is 13.3 Å². The maximum Gasteiger partial charge on any atom is 0.258 e. The van der Waals surface area contributed by atoms with Crippen molar-refractivity contribution < 1.29 is 4.79 Å². The molecule has 0 fully saturated rings. The highest BCUT2D eigenvalue weighted by atomic mass is 16.1. The lowest BCUT2D eigenvalue weighted by molar-refractivity contribution is 0.102. The van der Waals surface area contributed by atoms with Crippen molar-refractivity contribution >= 4 is 17.7 Å². The number of carbonyl (C=O) groups is 1. The minimum absolute atomic E-state index is 0.275. The molecule has 2 aromatic heterocycles. The molecule has 0 aliphatic carbocycles. The van der Waals surface area contributed by atoms with Crippen LogP contribution >= 0.6 is 0 Å². The number of aryl methyl sites for hydroxylation is 2. The molecule has 0 atom stereocenters. The van der Waals surface area contributed by atoms with Crippen LogP contribution in [-0.2, 0) is 13.5 Å². The van der Waals surface area contributed by atoms with Crippen LogP contribution in [0, 0.1) is 0 Å². The van der Waals surface area contributed by atoms with Crippen LogP contribution in [0.25, 0.3) is 0 Å². The summed E-state index contributed by atoms with van der Waals surface area (Å²) < 4.78 is 1.48. The number of carbonyl (C=O) groups excluding carboxylic acids is 1. The highest BCUT2D eigenvalue weighted by molar-refractivity contribution is 6.03. The highest BCUT2D eigenvalue weighted by Crippen LogP contribution is 2.11. The largest absolute Gasteiger partial charge is 0.384 e. The topological polar surface area (TPSA) is 98.7 Å². The fraction of sp³-hybridized carbons (Fsp3) is 0.333. The summed E-state index contributed by atoms with van der Waals surface area (Å²) in [6, 6.07) is 3.29. The van der Waals surface area contributed by atoms with E-state index < -0.39 is 0 Å². The lowest BCUT2D eigenvalue weighted by Gasteiger charge is -2.06. The van der Waals surface area contributed by atoms with Crippen LogP contribution in [0.2, 0.25) is 0 Å². The molecule has 2 aromatic rings. The van der Waals surface area contributed by atoms with Crippen molar-refractivity contribution in [3.8, 4) is 0 Å². The molecule has 2 rings (SSSR count). The molecule has 0 aliphatic heterocycles. The molecule has 3 N–H and O–H groups in total. The molecule has 7 nitrogen and oxygen atoms in total. The average Bonchev–Trinajstić information content (AvgIpc) is 2.75. The van der Waals surface area contributed by atoms with Gasteiger partial charge in [0.1, 0.15) is 12.1 Å². The van der Waals surface area contributed by atoms with Gasteiger partial charge in [-0.15, -0.1) is 0 Å². The van der Waals surface area contributed by atoms with Gasteiger partial charge in [0.2, 0.25) is 5.95 Å². The fourth-order valence-electron chi connectivity index (χ4n) is 1.71. The number of nitrogens with two attached hydrogens (primary N) is 1. The van der Waals surface area contributed by atoms with Crippen LogP contribution in [0.1, 0.15) is 29.4 Å². The van der Waals surface area contributed by atoms with Gasteiger partial charge < -0.3 is 5.73 Å². The first-order valence-corrected chi connectivity index (χ1v) is 6.02. The van der Waals surface area contributed by atoms with Crippen LogP contribution in [0.15, 0.2) is 18.5 Å². The molecule has 0 spiro atoms. The summed E-state index contributed by atoms with van der Waals surface area (Å²) in [5.41, 5.74) is 6.99. The van der Waals surface area contributed by atoms with Crippen molar-refractivity contribution in [1.82, 2.24) is 19.7 Å². The van der Waals surface area contributed by atoms with Crippen LogP contribution in [-0.4, -0.2) is 25.7 Å². The number of hydrogen-bond donors (Lipinski definition) is 2. The first kappa shape index (κ1) is 13.0. The number of nitrogen functional groups attached to an aromatic ring is 1. The second-order valence-electron chi connectivity index (χ2n) is 4.18. The Morgan fingerprint density at radius 2 is 2.26 bits per heavy atom. The predicted molar refractivity (Wildman–Crippen MR) is 71.6 cm³/mol. The van der Waals surface area contributed by atoms with E-state index in [2.05, 4.69) is 20.4 Å². The standard InChI is InChI=1S/C12H16N6O/c1-3-4-9-5-8(6-10(13)16-9)11(19)17-12-14-7-15-18(12)2/h5-7H,3-4H2,1-2H3,(H2,13,16)(H,14,15,17,19). The molecule has 0 aliphatic rings. The van der Waals surface area contributed by atoms with E-state index in [4.69, 9.17) is 5.73 Å². The van der Waals surface area contributed by atoms with Crippen molar-refractivity contribution in [2.45, 2.75) is 19.8 Å². The minimum Gasteiger partial charge on any atom is -0.384 e. The average molecular weight is 260 g/mol. The van der Waals surface area contributed by atoms with E-state index in [0.717, 1.165) is 18.5 Å². The summed E-state index contributed by atoms with van der Waals surface area (Å²) in [7, 11) is 1.70. The highest BCUT2D eigenvalue weighted by Gasteiger charge is 2.11. The third kappa shape index (κ3) is 3.06. The lowest BCUT2D eigenvalue weighted by atomic mass is 10.1. The Labute approximate surface area is 110 Å². The monoisotopic (exact) mass is 260 g/mol. The Morgan fingerprint density at radius 3 is 2.89 bits per heavy atom. The van der Waals surface area contributed by atoms with Gasteiger partial charge in [-0.05, 0) is 18.6 Å². The van der Waals surface area contributed by atoms with Gasteiger partial charge in [-0.2, -0.15) is 10.1 Å². The van der Waals surface area contributed by atoms with Crippen molar-refractivity contribution in [1.29, 1.82) is 0 Å². The number of pyridine rings is 1. The summed E-state index contributed by atoms with van der Waals surface area (Å²) in [6.07, 6.45) is 3.11. The molecule has 0 bridgehead atoms. The van der Waals surface area contributed by atoms with E-state index in [1.807, 2.05) is 6.92 Å². The van der Waals surface area contributed by atoms with E-state index in [9.17, 15) is 4.79 Å².